The number of carbonyl (C=O) groups excluding carboxylic acids is 2. The molecule has 1 aliphatic heterocycles. The van der Waals surface area contributed by atoms with E-state index in [0.717, 1.165) is 18.8 Å². The molecule has 1 aromatic rings. The van der Waals surface area contributed by atoms with E-state index in [0.29, 0.717) is 5.69 Å². The number of aliphatic hydroxyl groups is 1. The van der Waals surface area contributed by atoms with Crippen molar-refractivity contribution in [2.45, 2.75) is 12.8 Å². The maximum Gasteiger partial charge on any atom is 0.313 e. The molecule has 0 bridgehead atoms. The van der Waals surface area contributed by atoms with Crippen molar-refractivity contribution >= 4 is 23.2 Å². The first-order valence-electron chi connectivity index (χ1n) is 6.76. The van der Waals surface area contributed by atoms with Gasteiger partial charge in [-0.2, -0.15) is 0 Å². The van der Waals surface area contributed by atoms with Crippen LogP contribution < -0.4 is 15.5 Å². The lowest BCUT2D eigenvalue weighted by Crippen LogP contribution is -2.36. The molecule has 6 heteroatoms. The molecule has 1 fully saturated rings. The van der Waals surface area contributed by atoms with Crippen molar-refractivity contribution in [3.8, 4) is 0 Å². The molecule has 0 atom stereocenters. The molecule has 6 nitrogen and oxygen atoms in total. The number of rotatable bonds is 4. The fourth-order valence-corrected chi connectivity index (χ4v) is 2.19. The molecule has 0 unspecified atom stereocenters. The number of amides is 2. The summed E-state index contributed by atoms with van der Waals surface area (Å²) in [6, 6.07) is 7.46. The summed E-state index contributed by atoms with van der Waals surface area (Å²) in [5.41, 5.74) is 1.65. The number of aliphatic hydroxyl groups excluding tert-OH is 1. The molecule has 0 aliphatic carbocycles. The predicted octanol–water partition coefficient (Wildman–Crippen LogP) is 0.334. The van der Waals surface area contributed by atoms with Gasteiger partial charge in [-0.3, -0.25) is 9.59 Å². The van der Waals surface area contributed by atoms with E-state index in [1.54, 1.807) is 6.07 Å². The van der Waals surface area contributed by atoms with E-state index < -0.39 is 11.8 Å². The van der Waals surface area contributed by atoms with Crippen molar-refractivity contribution < 1.29 is 14.7 Å². The van der Waals surface area contributed by atoms with Gasteiger partial charge in [0.2, 0.25) is 0 Å². The summed E-state index contributed by atoms with van der Waals surface area (Å²) < 4.78 is 0. The van der Waals surface area contributed by atoms with Crippen LogP contribution in [0.1, 0.15) is 12.8 Å². The van der Waals surface area contributed by atoms with Crippen LogP contribution in [0.4, 0.5) is 11.4 Å². The van der Waals surface area contributed by atoms with Crippen molar-refractivity contribution in [2.75, 3.05) is 36.5 Å². The van der Waals surface area contributed by atoms with Crippen LogP contribution in [0.3, 0.4) is 0 Å². The Morgan fingerprint density at radius 1 is 1.20 bits per heavy atom. The van der Waals surface area contributed by atoms with Crippen molar-refractivity contribution in [3.63, 3.8) is 0 Å². The fourth-order valence-electron chi connectivity index (χ4n) is 2.19. The van der Waals surface area contributed by atoms with Gasteiger partial charge in [0.15, 0.2) is 0 Å². The SMILES string of the molecule is O=C(NCCO)C(=O)Nc1cccc(N2CCCC2)c1. The Labute approximate surface area is 117 Å². The van der Waals surface area contributed by atoms with Crippen molar-refractivity contribution in [1.82, 2.24) is 5.32 Å². The monoisotopic (exact) mass is 277 g/mol. The molecule has 3 N–H and O–H groups in total. The second kappa shape index (κ2) is 6.91. The average molecular weight is 277 g/mol. The normalized spacial score (nSPS) is 14.2. The number of hydrogen-bond acceptors (Lipinski definition) is 4. The third-order valence-electron chi connectivity index (χ3n) is 3.18. The minimum Gasteiger partial charge on any atom is -0.395 e. The Balaban J connectivity index is 1.97. The number of nitrogens with zero attached hydrogens (tertiary/aromatic N) is 1. The van der Waals surface area contributed by atoms with E-state index in [1.165, 1.54) is 12.8 Å². The van der Waals surface area contributed by atoms with Gasteiger partial charge in [0.25, 0.3) is 0 Å². The lowest BCUT2D eigenvalue weighted by atomic mass is 10.2. The fraction of sp³-hybridized carbons (Fsp3) is 0.429. The van der Waals surface area contributed by atoms with Crippen LogP contribution in [0.5, 0.6) is 0 Å². The molecule has 0 aromatic heterocycles. The Morgan fingerprint density at radius 3 is 2.65 bits per heavy atom. The number of nitrogens with one attached hydrogen (secondary N) is 2. The van der Waals surface area contributed by atoms with Crippen LogP contribution in [0.15, 0.2) is 24.3 Å². The van der Waals surface area contributed by atoms with Crippen LogP contribution >= 0.6 is 0 Å². The van der Waals surface area contributed by atoms with E-state index in [4.69, 9.17) is 5.11 Å². The first-order chi connectivity index (χ1) is 9.70. The molecule has 2 amide bonds. The highest BCUT2D eigenvalue weighted by molar-refractivity contribution is 6.39. The highest BCUT2D eigenvalue weighted by atomic mass is 16.3. The second-order valence-corrected chi connectivity index (χ2v) is 4.68. The lowest BCUT2D eigenvalue weighted by molar-refractivity contribution is -0.136. The summed E-state index contributed by atoms with van der Waals surface area (Å²) in [4.78, 5) is 25.3. The number of benzene rings is 1. The van der Waals surface area contributed by atoms with Crippen LogP contribution in [-0.4, -0.2) is 43.2 Å². The third kappa shape index (κ3) is 3.71. The quantitative estimate of drug-likeness (QED) is 0.693. The first-order valence-corrected chi connectivity index (χ1v) is 6.76. The molecule has 0 spiro atoms. The van der Waals surface area contributed by atoms with Gasteiger partial charge in [-0.05, 0) is 31.0 Å². The summed E-state index contributed by atoms with van der Waals surface area (Å²) >= 11 is 0. The van der Waals surface area contributed by atoms with Gasteiger partial charge in [0.05, 0.1) is 6.61 Å². The zero-order valence-electron chi connectivity index (χ0n) is 11.3. The van der Waals surface area contributed by atoms with Gasteiger partial charge in [-0.1, -0.05) is 6.07 Å². The zero-order valence-corrected chi connectivity index (χ0v) is 11.3. The molecule has 0 radical (unpaired) electrons. The predicted molar refractivity (Wildman–Crippen MR) is 76.6 cm³/mol. The summed E-state index contributed by atoms with van der Waals surface area (Å²) in [5.74, 6) is -1.47. The standard InChI is InChI=1S/C14H19N3O3/c18-9-6-15-13(19)14(20)16-11-4-3-5-12(10-11)17-7-1-2-8-17/h3-5,10,18H,1-2,6-9H2,(H,15,19)(H,16,20). The molecule has 0 saturated carbocycles. The molecule has 1 saturated heterocycles. The van der Waals surface area contributed by atoms with Gasteiger partial charge in [0.1, 0.15) is 0 Å². The lowest BCUT2D eigenvalue weighted by Gasteiger charge is -2.18. The largest absolute Gasteiger partial charge is 0.395 e. The number of carbonyl (C=O) groups is 2. The van der Waals surface area contributed by atoms with Gasteiger partial charge < -0.3 is 20.6 Å². The summed E-state index contributed by atoms with van der Waals surface area (Å²) in [7, 11) is 0. The van der Waals surface area contributed by atoms with E-state index in [2.05, 4.69) is 15.5 Å². The molecular weight excluding hydrogens is 258 g/mol. The van der Waals surface area contributed by atoms with Crippen LogP contribution in [-0.2, 0) is 9.59 Å². The average Bonchev–Trinajstić information content (AvgIpc) is 2.99. The van der Waals surface area contributed by atoms with E-state index in [1.807, 2.05) is 18.2 Å². The Kier molecular flexibility index (Phi) is 4.95. The van der Waals surface area contributed by atoms with E-state index >= 15 is 0 Å². The van der Waals surface area contributed by atoms with Gasteiger partial charge in [0, 0.05) is 31.0 Å². The topological polar surface area (TPSA) is 81.7 Å². The molecule has 1 aromatic carbocycles. The molecule has 1 heterocycles. The van der Waals surface area contributed by atoms with Gasteiger partial charge >= 0.3 is 11.8 Å². The molecule has 2 rings (SSSR count). The molecule has 1 aliphatic rings. The molecule has 108 valence electrons. The zero-order chi connectivity index (χ0) is 14.4. The minimum absolute atomic E-state index is 0.0695. The summed E-state index contributed by atoms with van der Waals surface area (Å²) in [6.45, 7) is 1.92. The van der Waals surface area contributed by atoms with Crippen molar-refractivity contribution in [3.05, 3.63) is 24.3 Å². The third-order valence-corrected chi connectivity index (χ3v) is 3.18. The first kappa shape index (κ1) is 14.3. The Bertz CT molecular complexity index is 484. The van der Waals surface area contributed by atoms with Crippen LogP contribution in [0, 0.1) is 0 Å². The van der Waals surface area contributed by atoms with Gasteiger partial charge in [-0.15, -0.1) is 0 Å². The Morgan fingerprint density at radius 2 is 1.95 bits per heavy atom. The van der Waals surface area contributed by atoms with Gasteiger partial charge in [-0.25, -0.2) is 0 Å². The highest BCUT2D eigenvalue weighted by Gasteiger charge is 2.15. The van der Waals surface area contributed by atoms with Crippen LogP contribution in [0.2, 0.25) is 0 Å². The number of hydrogen-bond donors (Lipinski definition) is 3. The second-order valence-electron chi connectivity index (χ2n) is 4.68. The number of anilines is 2. The van der Waals surface area contributed by atoms with E-state index in [-0.39, 0.29) is 13.2 Å². The molecule has 20 heavy (non-hydrogen) atoms. The maximum absolute atomic E-state index is 11.6. The summed E-state index contributed by atoms with van der Waals surface area (Å²) in [5, 5.41) is 13.5. The Hall–Kier alpha value is -2.08. The maximum atomic E-state index is 11.6. The highest BCUT2D eigenvalue weighted by Crippen LogP contribution is 2.23. The summed E-state index contributed by atoms with van der Waals surface area (Å²) in [6.07, 6.45) is 2.36. The van der Waals surface area contributed by atoms with Crippen molar-refractivity contribution in [2.24, 2.45) is 0 Å². The minimum atomic E-state index is -0.745. The van der Waals surface area contributed by atoms with E-state index in [9.17, 15) is 9.59 Å². The smallest absolute Gasteiger partial charge is 0.313 e. The molecular formula is C14H19N3O3. The van der Waals surface area contributed by atoms with Crippen LogP contribution in [0.25, 0.3) is 0 Å². The van der Waals surface area contributed by atoms with Crippen molar-refractivity contribution in [1.29, 1.82) is 0 Å².